The van der Waals surface area contributed by atoms with Crippen molar-refractivity contribution in [3.63, 3.8) is 0 Å². The molecule has 7 aromatic rings. The van der Waals surface area contributed by atoms with Crippen LogP contribution in [-0.4, -0.2) is 66.9 Å². The van der Waals surface area contributed by atoms with Gasteiger partial charge in [-0.05, 0) is 34.4 Å². The average Bonchev–Trinajstić information content (AvgIpc) is 3.96. The third-order valence-electron chi connectivity index (χ3n) is 9.62. The first kappa shape index (κ1) is 39.0. The lowest BCUT2D eigenvalue weighted by molar-refractivity contribution is -0.142. The fraction of sp³-hybridized carbons (Fsp3) is 0.133. The van der Waals surface area contributed by atoms with E-state index < -0.39 is 47.9 Å². The minimum atomic E-state index is -1.39. The summed E-state index contributed by atoms with van der Waals surface area (Å²) in [6, 6.07) is 40.1. The molecular formula is C45H39N7O5S. The number of aromatic nitrogens is 4. The van der Waals surface area contributed by atoms with Crippen molar-refractivity contribution < 1.29 is 24.3 Å². The normalized spacial score (nSPS) is 12.2. The summed E-state index contributed by atoms with van der Waals surface area (Å²) in [5.41, 5.74) is 4.10. The molecular weight excluding hydrogens is 751 g/mol. The van der Waals surface area contributed by atoms with Crippen molar-refractivity contribution in [3.05, 3.63) is 197 Å². The number of benzene rings is 4. The van der Waals surface area contributed by atoms with E-state index in [2.05, 4.69) is 30.9 Å². The molecule has 0 saturated heterocycles. The first-order valence-corrected chi connectivity index (χ1v) is 19.4. The highest BCUT2D eigenvalue weighted by atomic mass is 32.1. The van der Waals surface area contributed by atoms with Crippen molar-refractivity contribution in [2.24, 2.45) is 0 Å². The molecule has 0 aliphatic carbocycles. The maximum atomic E-state index is 13.9. The number of rotatable bonds is 16. The Labute approximate surface area is 338 Å². The minimum Gasteiger partial charge on any atom is -0.480 e. The van der Waals surface area contributed by atoms with Crippen LogP contribution >= 0.6 is 11.3 Å². The van der Waals surface area contributed by atoms with E-state index in [0.717, 1.165) is 27.8 Å². The molecule has 3 amide bonds. The zero-order valence-electron chi connectivity index (χ0n) is 31.1. The van der Waals surface area contributed by atoms with Gasteiger partial charge < -0.3 is 25.6 Å². The molecule has 12 nitrogen and oxygen atoms in total. The van der Waals surface area contributed by atoms with Crippen LogP contribution in [0.25, 0.3) is 10.6 Å². The van der Waals surface area contributed by atoms with E-state index in [1.807, 2.05) is 114 Å². The Kier molecular flexibility index (Phi) is 12.2. The molecule has 7 rings (SSSR count). The highest BCUT2D eigenvalue weighted by molar-refractivity contribution is 7.13. The highest BCUT2D eigenvalue weighted by Crippen LogP contribution is 2.40. The van der Waals surface area contributed by atoms with Crippen molar-refractivity contribution in [1.29, 1.82) is 0 Å². The second kappa shape index (κ2) is 18.1. The molecule has 0 saturated carbocycles. The van der Waals surface area contributed by atoms with Crippen LogP contribution in [0.5, 0.6) is 0 Å². The molecule has 290 valence electrons. The number of thiazole rings is 1. The van der Waals surface area contributed by atoms with Gasteiger partial charge in [0.2, 0.25) is 11.8 Å². The molecule has 4 aromatic carbocycles. The molecule has 58 heavy (non-hydrogen) atoms. The lowest BCUT2D eigenvalue weighted by Crippen LogP contribution is -2.54. The van der Waals surface area contributed by atoms with Gasteiger partial charge in [0.25, 0.3) is 5.91 Å². The van der Waals surface area contributed by atoms with Crippen LogP contribution in [0.3, 0.4) is 0 Å². The number of carboxylic acid groups (broad SMARTS) is 1. The van der Waals surface area contributed by atoms with Crippen molar-refractivity contribution in [3.8, 4) is 10.6 Å². The van der Waals surface area contributed by atoms with Gasteiger partial charge in [-0.25, -0.2) is 14.8 Å². The van der Waals surface area contributed by atoms with Crippen LogP contribution in [0, 0.1) is 0 Å². The number of carboxylic acids is 1. The summed E-state index contributed by atoms with van der Waals surface area (Å²) in [7, 11) is 0. The SMILES string of the molecule is O=C(CNC(=O)c1csc(-c2cccnc2)n1)N[C@@H](Cc1ccccc1)C(=O)N[C@@H](Cc1cn(C(c2ccccc2)(c2ccccc2)c2ccccc2)cn1)C(=O)O. The quantitative estimate of drug-likeness (QED) is 0.0930. The Morgan fingerprint density at radius 3 is 1.90 bits per heavy atom. The van der Waals surface area contributed by atoms with E-state index in [1.54, 1.807) is 54.4 Å². The maximum Gasteiger partial charge on any atom is 0.326 e. The van der Waals surface area contributed by atoms with Gasteiger partial charge in [-0.2, -0.15) is 0 Å². The molecule has 0 unspecified atom stereocenters. The molecule has 3 aromatic heterocycles. The molecule has 0 aliphatic heterocycles. The summed E-state index contributed by atoms with van der Waals surface area (Å²) in [6.07, 6.45) is 6.70. The fourth-order valence-corrected chi connectivity index (χ4v) is 7.67. The number of pyridine rings is 1. The summed E-state index contributed by atoms with van der Waals surface area (Å²) in [5.74, 6) is -3.18. The number of imidazole rings is 1. The van der Waals surface area contributed by atoms with Gasteiger partial charge in [-0.1, -0.05) is 121 Å². The van der Waals surface area contributed by atoms with Gasteiger partial charge in [0.1, 0.15) is 28.3 Å². The zero-order chi connectivity index (χ0) is 40.3. The Bertz CT molecular complexity index is 2370. The lowest BCUT2D eigenvalue weighted by Gasteiger charge is -2.37. The van der Waals surface area contributed by atoms with Crippen LogP contribution in [0.1, 0.15) is 38.4 Å². The van der Waals surface area contributed by atoms with Crippen molar-refractivity contribution in [1.82, 2.24) is 35.5 Å². The van der Waals surface area contributed by atoms with E-state index in [4.69, 9.17) is 0 Å². The van der Waals surface area contributed by atoms with Gasteiger partial charge in [-0.15, -0.1) is 11.3 Å². The molecule has 3 heterocycles. The van der Waals surface area contributed by atoms with E-state index in [-0.39, 0.29) is 18.5 Å². The highest BCUT2D eigenvalue weighted by Gasteiger charge is 2.39. The smallest absolute Gasteiger partial charge is 0.326 e. The molecule has 2 atom stereocenters. The number of hydrogen-bond acceptors (Lipinski definition) is 8. The Hall–Kier alpha value is -7.25. The van der Waals surface area contributed by atoms with Gasteiger partial charge in [0.15, 0.2) is 0 Å². The fourth-order valence-electron chi connectivity index (χ4n) is 6.87. The summed E-state index contributed by atoms with van der Waals surface area (Å²) >= 11 is 1.27. The lowest BCUT2D eigenvalue weighted by atomic mass is 9.77. The number of nitrogens with zero attached hydrogens (tertiary/aromatic N) is 4. The summed E-state index contributed by atoms with van der Waals surface area (Å²) in [4.78, 5) is 65.8. The topological polar surface area (TPSA) is 168 Å². The summed E-state index contributed by atoms with van der Waals surface area (Å²) in [5, 5.41) is 20.4. The number of nitrogens with one attached hydrogen (secondary N) is 3. The van der Waals surface area contributed by atoms with Crippen molar-refractivity contribution >= 4 is 35.0 Å². The number of aliphatic carboxylic acids is 1. The molecule has 0 radical (unpaired) electrons. The maximum absolute atomic E-state index is 13.9. The average molecular weight is 790 g/mol. The predicted octanol–water partition coefficient (Wildman–Crippen LogP) is 5.51. The van der Waals surface area contributed by atoms with Gasteiger partial charge in [-0.3, -0.25) is 19.4 Å². The zero-order valence-corrected chi connectivity index (χ0v) is 32.0. The van der Waals surface area contributed by atoms with E-state index in [0.29, 0.717) is 10.7 Å². The third-order valence-corrected chi connectivity index (χ3v) is 10.5. The summed E-state index contributed by atoms with van der Waals surface area (Å²) < 4.78 is 1.97. The van der Waals surface area contributed by atoms with Crippen LogP contribution in [0.15, 0.2) is 164 Å². The molecule has 0 bridgehead atoms. The van der Waals surface area contributed by atoms with Crippen LogP contribution in [0.4, 0.5) is 0 Å². The third kappa shape index (κ3) is 8.90. The molecule has 0 aliphatic rings. The Morgan fingerprint density at radius 1 is 0.724 bits per heavy atom. The van der Waals surface area contributed by atoms with Crippen molar-refractivity contribution in [2.45, 2.75) is 30.5 Å². The van der Waals surface area contributed by atoms with E-state index >= 15 is 0 Å². The summed E-state index contributed by atoms with van der Waals surface area (Å²) in [6.45, 7) is -0.442. The molecule has 13 heteroatoms. The Balaban J connectivity index is 1.09. The van der Waals surface area contributed by atoms with E-state index in [9.17, 15) is 24.3 Å². The van der Waals surface area contributed by atoms with Crippen molar-refractivity contribution in [2.75, 3.05) is 6.54 Å². The van der Waals surface area contributed by atoms with Gasteiger partial charge >= 0.3 is 5.97 Å². The Morgan fingerprint density at radius 2 is 1.33 bits per heavy atom. The van der Waals surface area contributed by atoms with Crippen LogP contribution < -0.4 is 16.0 Å². The first-order chi connectivity index (χ1) is 28.3. The minimum absolute atomic E-state index is 0.0711. The largest absolute Gasteiger partial charge is 0.480 e. The number of hydrogen-bond donors (Lipinski definition) is 4. The first-order valence-electron chi connectivity index (χ1n) is 18.5. The monoisotopic (exact) mass is 789 g/mol. The number of amides is 3. The predicted molar refractivity (Wildman–Crippen MR) is 220 cm³/mol. The van der Waals surface area contributed by atoms with Gasteiger partial charge in [0, 0.05) is 42.4 Å². The van der Waals surface area contributed by atoms with Crippen LogP contribution in [0.2, 0.25) is 0 Å². The molecule has 0 spiro atoms. The number of carbonyl (C=O) groups is 4. The van der Waals surface area contributed by atoms with E-state index in [1.165, 1.54) is 11.3 Å². The second-order valence-corrected chi connectivity index (χ2v) is 14.3. The second-order valence-electron chi connectivity index (χ2n) is 13.5. The van der Waals surface area contributed by atoms with Gasteiger partial charge in [0.05, 0.1) is 18.6 Å². The number of carbonyl (C=O) groups excluding carboxylic acids is 3. The van der Waals surface area contributed by atoms with Crippen LogP contribution in [-0.2, 0) is 32.8 Å². The standard InChI is InChI=1S/C45H39N7O5S/c53-40(27-47-41(54)39-29-58-43(51-39)32-16-13-23-46-26-32)49-37(24-31-14-5-1-6-15-31)42(55)50-38(44(56)57)25-36-28-52(30-48-36)45(33-17-7-2-8-18-33,34-19-9-3-10-20-34)35-21-11-4-12-22-35/h1-23,26,28-30,37-38H,24-25,27H2,(H,47,54)(H,49,53)(H,50,55)(H,56,57)/t37-,38-/m0/s1. The molecule has 0 fully saturated rings. The molecule has 4 N–H and O–H groups in total.